The van der Waals surface area contributed by atoms with Crippen LogP contribution in [0.5, 0.6) is 0 Å². The Morgan fingerprint density at radius 1 is 1.26 bits per heavy atom. The van der Waals surface area contributed by atoms with E-state index in [9.17, 15) is 8.42 Å². The zero-order valence-electron chi connectivity index (χ0n) is 13.5. The summed E-state index contributed by atoms with van der Waals surface area (Å²) in [5.74, 6) is 0.862. The molecule has 2 fully saturated rings. The third kappa shape index (κ3) is 7.96. The average molecular weight is 462 g/mol. The van der Waals surface area contributed by atoms with Crippen LogP contribution in [0.15, 0.2) is 4.99 Å². The highest BCUT2D eigenvalue weighted by molar-refractivity contribution is 14.0. The van der Waals surface area contributed by atoms with Gasteiger partial charge < -0.3 is 20.1 Å². The molecule has 10 heteroatoms. The van der Waals surface area contributed by atoms with Gasteiger partial charge in [0.05, 0.1) is 37.4 Å². The average Bonchev–Trinajstić information content (AvgIpc) is 2.51. The van der Waals surface area contributed by atoms with Gasteiger partial charge >= 0.3 is 0 Å². The Balaban J connectivity index is 0.00000264. The smallest absolute Gasteiger partial charge is 0.191 e. The zero-order chi connectivity index (χ0) is 15.8. The van der Waals surface area contributed by atoms with Crippen LogP contribution in [0.4, 0.5) is 0 Å². The van der Waals surface area contributed by atoms with Crippen LogP contribution in [-0.4, -0.2) is 96.5 Å². The van der Waals surface area contributed by atoms with E-state index >= 15 is 0 Å². The minimum Gasteiger partial charge on any atom is -0.379 e. The van der Waals surface area contributed by atoms with Crippen LogP contribution < -0.4 is 10.6 Å². The minimum absolute atomic E-state index is 0. The van der Waals surface area contributed by atoms with Gasteiger partial charge in [-0.25, -0.2) is 8.42 Å². The Bertz CT molecular complexity index is 469. The van der Waals surface area contributed by atoms with E-state index in [-0.39, 0.29) is 48.2 Å². The lowest BCUT2D eigenvalue weighted by molar-refractivity contribution is 0.0389. The molecule has 2 rings (SSSR count). The molecular weight excluding hydrogens is 435 g/mol. The van der Waals surface area contributed by atoms with Crippen molar-refractivity contribution in [2.45, 2.75) is 6.10 Å². The van der Waals surface area contributed by atoms with Crippen molar-refractivity contribution >= 4 is 39.8 Å². The lowest BCUT2D eigenvalue weighted by atomic mass is 10.4. The largest absolute Gasteiger partial charge is 0.379 e. The Morgan fingerprint density at radius 3 is 2.65 bits per heavy atom. The molecule has 2 heterocycles. The second kappa shape index (κ2) is 10.6. The highest BCUT2D eigenvalue weighted by atomic mass is 127. The van der Waals surface area contributed by atoms with E-state index in [1.54, 1.807) is 7.05 Å². The molecule has 0 saturated carbocycles. The maximum Gasteiger partial charge on any atom is 0.191 e. The molecule has 23 heavy (non-hydrogen) atoms. The van der Waals surface area contributed by atoms with Crippen LogP contribution in [0.3, 0.4) is 0 Å². The monoisotopic (exact) mass is 462 g/mol. The topological polar surface area (TPSA) is 92.3 Å². The van der Waals surface area contributed by atoms with Gasteiger partial charge in [0.2, 0.25) is 0 Å². The van der Waals surface area contributed by atoms with Crippen LogP contribution in [0.1, 0.15) is 0 Å². The van der Waals surface area contributed by atoms with Gasteiger partial charge in [-0.15, -0.1) is 24.0 Å². The predicted molar refractivity (Wildman–Crippen MR) is 100 cm³/mol. The lowest BCUT2D eigenvalue weighted by Crippen LogP contribution is -2.48. The molecular formula is C13H27IN4O4S. The summed E-state index contributed by atoms with van der Waals surface area (Å²) in [6.45, 7) is 5.93. The number of halogens is 1. The maximum absolute atomic E-state index is 11.6. The van der Waals surface area contributed by atoms with E-state index in [4.69, 9.17) is 9.47 Å². The summed E-state index contributed by atoms with van der Waals surface area (Å²) in [5, 5.41) is 6.35. The summed E-state index contributed by atoms with van der Waals surface area (Å²) in [6.07, 6.45) is -0.309. The van der Waals surface area contributed by atoms with Crippen molar-refractivity contribution < 1.29 is 17.9 Å². The number of guanidine groups is 1. The van der Waals surface area contributed by atoms with Crippen molar-refractivity contribution in [1.29, 1.82) is 0 Å². The standard InChI is InChI=1S/C13H26N4O4S.HI/c1-14-13(15-2-3-17-4-6-20-7-5-17)16-10-12-11-22(18,19)9-8-21-12;/h12H,2-11H2,1H3,(H2,14,15,16);1H. The second-order valence-electron chi connectivity index (χ2n) is 5.44. The zero-order valence-corrected chi connectivity index (χ0v) is 16.6. The quantitative estimate of drug-likeness (QED) is 0.305. The van der Waals surface area contributed by atoms with Crippen LogP contribution in [0.25, 0.3) is 0 Å². The number of nitrogens with one attached hydrogen (secondary N) is 2. The maximum atomic E-state index is 11.6. The number of nitrogens with zero attached hydrogens (tertiary/aromatic N) is 2. The van der Waals surface area contributed by atoms with E-state index in [1.807, 2.05) is 0 Å². The molecule has 0 aromatic rings. The van der Waals surface area contributed by atoms with Crippen molar-refractivity contribution in [3.05, 3.63) is 0 Å². The van der Waals surface area contributed by atoms with Crippen molar-refractivity contribution in [3.63, 3.8) is 0 Å². The van der Waals surface area contributed by atoms with Gasteiger partial charge in [0.1, 0.15) is 0 Å². The normalized spacial score (nSPS) is 25.4. The van der Waals surface area contributed by atoms with Gasteiger partial charge in [0.25, 0.3) is 0 Å². The molecule has 0 aromatic heterocycles. The first-order chi connectivity index (χ1) is 10.6. The third-order valence-electron chi connectivity index (χ3n) is 3.73. The lowest BCUT2D eigenvalue weighted by Gasteiger charge is -2.27. The summed E-state index contributed by atoms with van der Waals surface area (Å²) in [5.41, 5.74) is 0. The van der Waals surface area contributed by atoms with Crippen molar-refractivity contribution in [3.8, 4) is 0 Å². The first kappa shape index (κ1) is 20.9. The number of ether oxygens (including phenoxy) is 2. The Hall–Kier alpha value is -0.170. The Kier molecular flexibility index (Phi) is 9.66. The number of hydrogen-bond donors (Lipinski definition) is 2. The first-order valence-electron chi connectivity index (χ1n) is 7.66. The molecule has 1 unspecified atom stereocenters. The molecule has 2 N–H and O–H groups in total. The second-order valence-corrected chi connectivity index (χ2v) is 7.67. The van der Waals surface area contributed by atoms with Crippen molar-refractivity contribution in [2.75, 3.05) is 71.1 Å². The molecule has 8 nitrogen and oxygen atoms in total. The van der Waals surface area contributed by atoms with E-state index in [2.05, 4.69) is 20.5 Å². The number of sulfone groups is 1. The van der Waals surface area contributed by atoms with Gasteiger partial charge in [0, 0.05) is 39.8 Å². The molecule has 2 aliphatic heterocycles. The molecule has 0 radical (unpaired) electrons. The van der Waals surface area contributed by atoms with Crippen molar-refractivity contribution in [2.24, 2.45) is 4.99 Å². The molecule has 2 aliphatic rings. The van der Waals surface area contributed by atoms with Crippen LogP contribution in [0.2, 0.25) is 0 Å². The molecule has 0 spiro atoms. The molecule has 0 bridgehead atoms. The summed E-state index contributed by atoms with van der Waals surface area (Å²) in [7, 11) is -1.26. The number of aliphatic imine (C=N–C) groups is 1. The fourth-order valence-corrected chi connectivity index (χ4v) is 3.76. The molecule has 136 valence electrons. The molecule has 0 aromatic carbocycles. The summed E-state index contributed by atoms with van der Waals surface area (Å²) >= 11 is 0. The number of morpholine rings is 1. The molecule has 2 saturated heterocycles. The highest BCUT2D eigenvalue weighted by Crippen LogP contribution is 2.06. The predicted octanol–water partition coefficient (Wildman–Crippen LogP) is -1.08. The number of rotatable bonds is 5. The van der Waals surface area contributed by atoms with Gasteiger partial charge in [-0.1, -0.05) is 0 Å². The van der Waals surface area contributed by atoms with Gasteiger partial charge in [0.15, 0.2) is 15.8 Å². The van der Waals surface area contributed by atoms with Gasteiger partial charge in [-0.05, 0) is 0 Å². The van der Waals surface area contributed by atoms with E-state index in [1.165, 1.54) is 0 Å². The van der Waals surface area contributed by atoms with Crippen molar-refractivity contribution in [1.82, 2.24) is 15.5 Å². The van der Waals surface area contributed by atoms with Gasteiger partial charge in [-0.3, -0.25) is 9.89 Å². The van der Waals surface area contributed by atoms with E-state index in [0.717, 1.165) is 39.4 Å². The molecule has 0 amide bonds. The van der Waals surface area contributed by atoms with Crippen LogP contribution in [0, 0.1) is 0 Å². The summed E-state index contributed by atoms with van der Waals surface area (Å²) < 4.78 is 33.9. The number of hydrogen-bond acceptors (Lipinski definition) is 6. The van der Waals surface area contributed by atoms with Crippen LogP contribution in [-0.2, 0) is 19.3 Å². The van der Waals surface area contributed by atoms with E-state index < -0.39 is 9.84 Å². The molecule has 0 aliphatic carbocycles. The first-order valence-corrected chi connectivity index (χ1v) is 9.48. The Labute approximate surface area is 155 Å². The minimum atomic E-state index is -2.96. The highest BCUT2D eigenvalue weighted by Gasteiger charge is 2.25. The van der Waals surface area contributed by atoms with Gasteiger partial charge in [-0.2, -0.15) is 0 Å². The van der Waals surface area contributed by atoms with E-state index in [0.29, 0.717) is 12.5 Å². The fraction of sp³-hybridized carbons (Fsp3) is 0.923. The fourth-order valence-electron chi connectivity index (χ4n) is 2.46. The summed E-state index contributed by atoms with van der Waals surface area (Å²) in [6, 6.07) is 0. The SMILES string of the molecule is CN=C(NCCN1CCOCC1)NCC1CS(=O)(=O)CCO1.I. The Morgan fingerprint density at radius 2 is 2.00 bits per heavy atom. The molecule has 1 atom stereocenters. The summed E-state index contributed by atoms with van der Waals surface area (Å²) in [4.78, 5) is 6.47. The van der Waals surface area contributed by atoms with Crippen LogP contribution >= 0.6 is 24.0 Å². The third-order valence-corrected chi connectivity index (χ3v) is 5.40.